The van der Waals surface area contributed by atoms with Gasteiger partial charge in [0.25, 0.3) is 0 Å². The number of urea groups is 1. The molecule has 0 aromatic carbocycles. The van der Waals surface area contributed by atoms with E-state index in [1.54, 1.807) is 6.92 Å². The first kappa shape index (κ1) is 13.4. The van der Waals surface area contributed by atoms with E-state index in [1.807, 2.05) is 0 Å². The van der Waals surface area contributed by atoms with Crippen molar-refractivity contribution in [3.8, 4) is 11.8 Å². The predicted octanol–water partition coefficient (Wildman–Crippen LogP) is 1.10. The van der Waals surface area contributed by atoms with E-state index in [0.717, 1.165) is 12.8 Å². The van der Waals surface area contributed by atoms with Gasteiger partial charge in [0.2, 0.25) is 0 Å². The Labute approximate surface area is 101 Å². The molecule has 1 fully saturated rings. The molecular formula is C12H18N2O3. The fourth-order valence-corrected chi connectivity index (χ4v) is 2.00. The molecule has 0 atom stereocenters. The standard InChI is InChI=1S/C12H18N2O3/c1-2-3-6-9-13-11(17)14-12(10(15)16)7-4-5-8-12/h4-9H2,1H3,(H,15,16)(H2,13,14,17). The summed E-state index contributed by atoms with van der Waals surface area (Å²) in [6.45, 7) is 2.17. The van der Waals surface area contributed by atoms with Gasteiger partial charge in [0.1, 0.15) is 5.54 Å². The van der Waals surface area contributed by atoms with Gasteiger partial charge in [0.15, 0.2) is 0 Å². The number of aliphatic carboxylic acids is 1. The Kier molecular flexibility index (Phi) is 4.83. The highest BCUT2D eigenvalue weighted by atomic mass is 16.4. The van der Waals surface area contributed by atoms with Gasteiger partial charge in [-0.15, -0.1) is 11.8 Å². The van der Waals surface area contributed by atoms with Crippen molar-refractivity contribution in [1.82, 2.24) is 10.6 Å². The molecule has 0 aliphatic heterocycles. The minimum Gasteiger partial charge on any atom is -0.480 e. The van der Waals surface area contributed by atoms with Crippen LogP contribution in [0, 0.1) is 11.8 Å². The Morgan fingerprint density at radius 2 is 2.00 bits per heavy atom. The zero-order chi connectivity index (χ0) is 12.7. The van der Waals surface area contributed by atoms with Crippen LogP contribution < -0.4 is 10.6 Å². The molecule has 1 saturated carbocycles. The highest BCUT2D eigenvalue weighted by molar-refractivity contribution is 5.86. The van der Waals surface area contributed by atoms with Crippen molar-refractivity contribution >= 4 is 12.0 Å². The van der Waals surface area contributed by atoms with Gasteiger partial charge in [-0.3, -0.25) is 0 Å². The molecule has 17 heavy (non-hydrogen) atoms. The molecule has 5 nitrogen and oxygen atoms in total. The van der Waals surface area contributed by atoms with Gasteiger partial charge < -0.3 is 15.7 Å². The topological polar surface area (TPSA) is 78.4 Å². The zero-order valence-corrected chi connectivity index (χ0v) is 10.0. The number of nitrogens with one attached hydrogen (secondary N) is 2. The third kappa shape index (κ3) is 3.66. The Balaban J connectivity index is 2.42. The fourth-order valence-electron chi connectivity index (χ4n) is 2.00. The first-order valence-corrected chi connectivity index (χ1v) is 5.80. The molecule has 0 aromatic rings. The van der Waals surface area contributed by atoms with Crippen LogP contribution in [0.2, 0.25) is 0 Å². The quantitative estimate of drug-likeness (QED) is 0.507. The van der Waals surface area contributed by atoms with Crippen LogP contribution in [-0.4, -0.2) is 29.2 Å². The molecule has 0 heterocycles. The molecule has 0 aromatic heterocycles. The number of hydrogen-bond acceptors (Lipinski definition) is 2. The van der Waals surface area contributed by atoms with Crippen molar-refractivity contribution in [1.29, 1.82) is 0 Å². The van der Waals surface area contributed by atoms with Crippen molar-refractivity contribution in [3.63, 3.8) is 0 Å². The molecule has 2 amide bonds. The van der Waals surface area contributed by atoms with Crippen LogP contribution in [-0.2, 0) is 4.79 Å². The molecule has 1 aliphatic rings. The summed E-state index contributed by atoms with van der Waals surface area (Å²) in [7, 11) is 0. The van der Waals surface area contributed by atoms with E-state index in [0.29, 0.717) is 25.8 Å². The molecule has 94 valence electrons. The predicted molar refractivity (Wildman–Crippen MR) is 63.4 cm³/mol. The average Bonchev–Trinajstić information content (AvgIpc) is 2.74. The summed E-state index contributed by atoms with van der Waals surface area (Å²) in [6, 6.07) is -0.424. The summed E-state index contributed by atoms with van der Waals surface area (Å²) in [6.07, 6.45) is 3.26. The maximum absolute atomic E-state index is 11.5. The minimum absolute atomic E-state index is 0.424. The lowest BCUT2D eigenvalue weighted by molar-refractivity contribution is -0.144. The van der Waals surface area contributed by atoms with Crippen LogP contribution in [0.4, 0.5) is 4.79 Å². The van der Waals surface area contributed by atoms with Crippen LogP contribution in [0.5, 0.6) is 0 Å². The molecule has 3 N–H and O–H groups in total. The maximum atomic E-state index is 11.5. The van der Waals surface area contributed by atoms with Gasteiger partial charge in [-0.1, -0.05) is 12.8 Å². The summed E-state index contributed by atoms with van der Waals surface area (Å²) < 4.78 is 0. The second-order valence-corrected chi connectivity index (χ2v) is 4.15. The second-order valence-electron chi connectivity index (χ2n) is 4.15. The average molecular weight is 238 g/mol. The molecule has 0 bridgehead atoms. The number of carboxylic acid groups (broad SMARTS) is 1. The number of carbonyl (C=O) groups is 2. The van der Waals surface area contributed by atoms with Crippen molar-refractivity contribution in [2.24, 2.45) is 0 Å². The molecule has 0 unspecified atom stereocenters. The SMILES string of the molecule is CC#CCCNC(=O)NC1(C(=O)O)CCCC1. The third-order valence-electron chi connectivity index (χ3n) is 2.93. The smallest absolute Gasteiger partial charge is 0.329 e. The van der Waals surface area contributed by atoms with E-state index in [4.69, 9.17) is 5.11 Å². The summed E-state index contributed by atoms with van der Waals surface area (Å²) in [5.41, 5.74) is -1.07. The molecular weight excluding hydrogens is 220 g/mol. The van der Waals surface area contributed by atoms with Gasteiger partial charge in [0.05, 0.1) is 0 Å². The van der Waals surface area contributed by atoms with Gasteiger partial charge >= 0.3 is 12.0 Å². The van der Waals surface area contributed by atoms with Gasteiger partial charge in [-0.25, -0.2) is 9.59 Å². The van der Waals surface area contributed by atoms with E-state index in [2.05, 4.69) is 22.5 Å². The monoisotopic (exact) mass is 238 g/mol. The van der Waals surface area contributed by atoms with Crippen LogP contribution in [0.1, 0.15) is 39.0 Å². The van der Waals surface area contributed by atoms with Crippen LogP contribution in [0.3, 0.4) is 0 Å². The van der Waals surface area contributed by atoms with E-state index in [-0.39, 0.29) is 0 Å². The van der Waals surface area contributed by atoms with Crippen molar-refractivity contribution in [3.05, 3.63) is 0 Å². The lowest BCUT2D eigenvalue weighted by Crippen LogP contribution is -2.55. The number of carboxylic acids is 1. The van der Waals surface area contributed by atoms with E-state index in [1.165, 1.54) is 0 Å². The number of carbonyl (C=O) groups excluding carboxylic acids is 1. The second kappa shape index (κ2) is 6.14. The molecule has 0 saturated heterocycles. The van der Waals surface area contributed by atoms with Crippen molar-refractivity contribution in [2.75, 3.05) is 6.54 Å². The lowest BCUT2D eigenvalue weighted by atomic mass is 9.98. The van der Waals surface area contributed by atoms with Crippen molar-refractivity contribution in [2.45, 2.75) is 44.6 Å². The zero-order valence-electron chi connectivity index (χ0n) is 10.0. The Bertz CT molecular complexity index is 348. The molecule has 5 heteroatoms. The van der Waals surface area contributed by atoms with Gasteiger partial charge in [-0.05, 0) is 19.8 Å². The highest BCUT2D eigenvalue weighted by Crippen LogP contribution is 2.29. The normalized spacial score (nSPS) is 16.8. The van der Waals surface area contributed by atoms with E-state index >= 15 is 0 Å². The van der Waals surface area contributed by atoms with E-state index in [9.17, 15) is 9.59 Å². The largest absolute Gasteiger partial charge is 0.480 e. The number of rotatable bonds is 4. The van der Waals surface area contributed by atoms with Gasteiger partial charge in [0, 0.05) is 13.0 Å². The van der Waals surface area contributed by atoms with Gasteiger partial charge in [-0.2, -0.15) is 0 Å². The molecule has 0 radical (unpaired) electrons. The van der Waals surface area contributed by atoms with Crippen LogP contribution in [0.25, 0.3) is 0 Å². The number of amides is 2. The lowest BCUT2D eigenvalue weighted by Gasteiger charge is -2.25. The highest BCUT2D eigenvalue weighted by Gasteiger charge is 2.42. The number of hydrogen-bond donors (Lipinski definition) is 3. The summed E-state index contributed by atoms with van der Waals surface area (Å²) in [5.74, 6) is 4.60. The van der Waals surface area contributed by atoms with Crippen LogP contribution >= 0.6 is 0 Å². The Hall–Kier alpha value is -1.70. The minimum atomic E-state index is -1.07. The summed E-state index contributed by atoms with van der Waals surface area (Å²) >= 11 is 0. The fraction of sp³-hybridized carbons (Fsp3) is 0.667. The summed E-state index contributed by atoms with van der Waals surface area (Å²) in [5, 5.41) is 14.3. The molecule has 1 aliphatic carbocycles. The first-order chi connectivity index (χ1) is 8.10. The van der Waals surface area contributed by atoms with E-state index < -0.39 is 17.5 Å². The van der Waals surface area contributed by atoms with Crippen LogP contribution in [0.15, 0.2) is 0 Å². The Morgan fingerprint density at radius 3 is 2.53 bits per heavy atom. The third-order valence-corrected chi connectivity index (χ3v) is 2.93. The molecule has 1 rings (SSSR count). The maximum Gasteiger partial charge on any atom is 0.329 e. The molecule has 0 spiro atoms. The first-order valence-electron chi connectivity index (χ1n) is 5.80. The Morgan fingerprint density at radius 1 is 1.35 bits per heavy atom. The van der Waals surface area contributed by atoms with Crippen molar-refractivity contribution < 1.29 is 14.7 Å². The summed E-state index contributed by atoms with van der Waals surface area (Å²) in [4.78, 5) is 22.7.